The molecule has 0 aliphatic carbocycles. The van der Waals surface area contributed by atoms with Crippen molar-refractivity contribution < 1.29 is 37.3 Å². The fraction of sp³-hybridized carbons (Fsp3) is 0.810. The van der Waals surface area contributed by atoms with Crippen molar-refractivity contribution in [3.63, 3.8) is 0 Å². The number of esters is 1. The van der Waals surface area contributed by atoms with Gasteiger partial charge in [-0.25, -0.2) is 0 Å². The maximum atomic E-state index is 13.5. The molecule has 0 aromatic rings. The van der Waals surface area contributed by atoms with Crippen LogP contribution < -0.4 is 10.2 Å². The zero-order valence-electron chi connectivity index (χ0n) is 48.6. The lowest BCUT2D eigenvalue weighted by Crippen LogP contribution is -2.47. The number of carbonyl (C=O) groups excluding carboxylic acids is 2. The van der Waals surface area contributed by atoms with Crippen LogP contribution in [0.2, 0.25) is 0 Å². The normalized spacial score (nSPS) is 14.1. The minimum atomic E-state index is -4.70. The Bertz CT molecular complexity index is 1440. The highest BCUT2D eigenvalue weighted by Crippen LogP contribution is 2.38. The number of unbranched alkanes of at least 4 members (excludes halogenated alkanes) is 31. The van der Waals surface area contributed by atoms with Crippen molar-refractivity contribution >= 4 is 19.7 Å². The highest BCUT2D eigenvalue weighted by molar-refractivity contribution is 7.45. The van der Waals surface area contributed by atoms with Gasteiger partial charge in [-0.2, -0.15) is 0 Å². The molecule has 0 saturated heterocycles. The molecular formula is C63H117N2O7P. The number of carbonyl (C=O) groups is 2. The third-order valence-corrected chi connectivity index (χ3v) is 14.4. The number of ether oxygens (including phenoxy) is 1. The van der Waals surface area contributed by atoms with Crippen LogP contribution >= 0.6 is 7.82 Å². The van der Waals surface area contributed by atoms with Gasteiger partial charge < -0.3 is 28.5 Å². The lowest BCUT2D eigenvalue weighted by atomic mass is 10.0. The van der Waals surface area contributed by atoms with Crippen LogP contribution in [0.25, 0.3) is 0 Å². The fourth-order valence-electron chi connectivity index (χ4n) is 8.68. The molecule has 0 aliphatic heterocycles. The van der Waals surface area contributed by atoms with Gasteiger partial charge in [0.1, 0.15) is 19.3 Å². The second-order valence-electron chi connectivity index (χ2n) is 21.9. The van der Waals surface area contributed by atoms with Gasteiger partial charge in [0.2, 0.25) is 5.91 Å². The van der Waals surface area contributed by atoms with Gasteiger partial charge in [-0.1, -0.05) is 249 Å². The monoisotopic (exact) mass is 1040 g/mol. The van der Waals surface area contributed by atoms with E-state index < -0.39 is 26.6 Å². The largest absolute Gasteiger partial charge is 0.756 e. The fourth-order valence-corrected chi connectivity index (χ4v) is 9.41. The van der Waals surface area contributed by atoms with Gasteiger partial charge in [0, 0.05) is 12.8 Å². The van der Waals surface area contributed by atoms with Crippen molar-refractivity contribution in [1.82, 2.24) is 5.32 Å². The molecule has 3 unspecified atom stereocenters. The molecular weight excluding hydrogens is 928 g/mol. The van der Waals surface area contributed by atoms with Gasteiger partial charge in [-0.3, -0.25) is 14.2 Å². The summed E-state index contributed by atoms with van der Waals surface area (Å²) in [7, 11) is 1.18. The third-order valence-electron chi connectivity index (χ3n) is 13.5. The zero-order valence-corrected chi connectivity index (χ0v) is 49.5. The molecule has 0 aromatic heterocycles. The highest BCUT2D eigenvalue weighted by atomic mass is 31.2. The maximum Gasteiger partial charge on any atom is 0.306 e. The lowest BCUT2D eigenvalue weighted by Gasteiger charge is -2.30. The SMILES string of the molecule is CCCCC/C=C\C/C=C\C/C=C\C/C=C\CCCCCCCCCC(=O)OC(/C=C/CCCCCCCCCCC)C(COP(=O)([O-])OCC[N+](C)(C)C)NC(=O)CCCCCCCCCCCCCCC. The molecule has 426 valence electrons. The Morgan fingerprint density at radius 2 is 0.836 bits per heavy atom. The molecule has 0 aromatic carbocycles. The van der Waals surface area contributed by atoms with Crippen LogP contribution in [0.1, 0.15) is 278 Å². The number of quaternary nitrogens is 1. The van der Waals surface area contributed by atoms with Crippen LogP contribution in [0.5, 0.6) is 0 Å². The van der Waals surface area contributed by atoms with Crippen molar-refractivity contribution in [2.45, 2.75) is 290 Å². The number of hydrogen-bond donors (Lipinski definition) is 1. The Kier molecular flexibility index (Phi) is 51.5. The molecule has 1 N–H and O–H groups in total. The number of rotatable bonds is 55. The molecule has 0 saturated carbocycles. The van der Waals surface area contributed by atoms with Crippen LogP contribution in [-0.4, -0.2) is 69.4 Å². The van der Waals surface area contributed by atoms with Gasteiger partial charge in [-0.15, -0.1) is 0 Å². The molecule has 1 amide bonds. The number of hydrogen-bond acceptors (Lipinski definition) is 7. The average molecular weight is 1050 g/mol. The van der Waals surface area contributed by atoms with E-state index in [0.717, 1.165) is 89.9 Å². The van der Waals surface area contributed by atoms with Crippen molar-refractivity contribution in [2.24, 2.45) is 0 Å². The van der Waals surface area contributed by atoms with Crippen molar-refractivity contribution in [1.29, 1.82) is 0 Å². The molecule has 0 rings (SSSR count). The molecule has 9 nitrogen and oxygen atoms in total. The van der Waals surface area contributed by atoms with Crippen LogP contribution in [-0.2, 0) is 27.9 Å². The van der Waals surface area contributed by atoms with Crippen LogP contribution in [0, 0.1) is 0 Å². The summed E-state index contributed by atoms with van der Waals surface area (Å²) in [4.78, 5) is 39.9. The molecule has 73 heavy (non-hydrogen) atoms. The summed E-state index contributed by atoms with van der Waals surface area (Å²) in [5.41, 5.74) is 0. The first-order valence-corrected chi connectivity index (χ1v) is 32.1. The summed E-state index contributed by atoms with van der Waals surface area (Å²) in [6.07, 6.45) is 66.1. The minimum absolute atomic E-state index is 0.0243. The van der Waals surface area contributed by atoms with Gasteiger partial charge in [-0.05, 0) is 76.7 Å². The van der Waals surface area contributed by atoms with Crippen LogP contribution in [0.3, 0.4) is 0 Å². The van der Waals surface area contributed by atoms with Crippen LogP contribution in [0.15, 0.2) is 60.8 Å². The topological polar surface area (TPSA) is 114 Å². The zero-order chi connectivity index (χ0) is 53.6. The summed E-state index contributed by atoms with van der Waals surface area (Å²) < 4.78 is 30.3. The van der Waals surface area contributed by atoms with E-state index in [2.05, 4.69) is 74.7 Å². The summed E-state index contributed by atoms with van der Waals surface area (Å²) in [6, 6.07) is -0.891. The predicted molar refractivity (Wildman–Crippen MR) is 312 cm³/mol. The smallest absolute Gasteiger partial charge is 0.306 e. The van der Waals surface area contributed by atoms with Gasteiger partial charge in [0.15, 0.2) is 0 Å². The van der Waals surface area contributed by atoms with E-state index >= 15 is 0 Å². The van der Waals surface area contributed by atoms with E-state index in [1.165, 1.54) is 154 Å². The summed E-state index contributed by atoms with van der Waals surface area (Å²) >= 11 is 0. The van der Waals surface area contributed by atoms with Gasteiger partial charge in [0.25, 0.3) is 7.82 Å². The quantitative estimate of drug-likeness (QED) is 0.0212. The first kappa shape index (κ1) is 70.7. The number of phosphoric ester groups is 1. The summed E-state index contributed by atoms with van der Waals surface area (Å²) in [5.74, 6) is -0.548. The first-order valence-electron chi connectivity index (χ1n) is 30.6. The molecule has 3 atom stereocenters. The minimum Gasteiger partial charge on any atom is -0.756 e. The first-order chi connectivity index (χ1) is 35.4. The van der Waals surface area contributed by atoms with E-state index in [9.17, 15) is 19.0 Å². The standard InChI is InChI=1S/C63H117N2O7P/c1-7-10-13-16-19-22-25-27-28-29-30-31-32-33-34-35-36-38-41-44-47-50-53-56-63(67)72-61(54-51-48-45-42-39-24-21-18-15-12-9-3)60(59-71-73(68,69)70-58-57-65(4,5)6)64-62(66)55-52-49-46-43-40-37-26-23-20-17-14-11-8-2/h19,22,27-28,30-31,33-34,51,54,60-61H,7-18,20-21,23-26,29,32,35-50,52-53,55-59H2,1-6H3,(H-,64,66,68,69)/b22-19-,28-27-,31-30-,34-33-,54-51+. The second kappa shape index (κ2) is 53.1. The van der Waals surface area contributed by atoms with Crippen molar-refractivity contribution in [3.05, 3.63) is 60.8 Å². The Morgan fingerprint density at radius 3 is 1.27 bits per heavy atom. The predicted octanol–water partition coefficient (Wildman–Crippen LogP) is 18.0. The highest BCUT2D eigenvalue weighted by Gasteiger charge is 2.27. The average Bonchev–Trinajstić information content (AvgIpc) is 3.35. The number of nitrogens with one attached hydrogen (secondary N) is 1. The summed E-state index contributed by atoms with van der Waals surface area (Å²) in [6.45, 7) is 6.81. The maximum absolute atomic E-state index is 13.5. The van der Waals surface area contributed by atoms with Crippen molar-refractivity contribution in [2.75, 3.05) is 40.9 Å². The van der Waals surface area contributed by atoms with E-state index in [1.807, 2.05) is 33.3 Å². The Morgan fingerprint density at radius 1 is 0.479 bits per heavy atom. The summed E-state index contributed by atoms with van der Waals surface area (Å²) in [5, 5.41) is 3.02. The van der Waals surface area contributed by atoms with E-state index in [-0.39, 0.29) is 24.9 Å². The Balaban J connectivity index is 5.19. The molecule has 0 spiro atoms. The Hall–Kier alpha value is -2.29. The van der Waals surface area contributed by atoms with Crippen LogP contribution in [0.4, 0.5) is 0 Å². The molecule has 0 aliphatic rings. The molecule has 0 radical (unpaired) electrons. The molecule has 0 heterocycles. The number of allylic oxidation sites excluding steroid dienone is 9. The van der Waals surface area contributed by atoms with E-state index in [0.29, 0.717) is 17.4 Å². The number of phosphoric acid groups is 1. The number of nitrogens with zero attached hydrogens (tertiary/aromatic N) is 1. The second-order valence-corrected chi connectivity index (χ2v) is 23.3. The number of amides is 1. The van der Waals surface area contributed by atoms with Gasteiger partial charge >= 0.3 is 5.97 Å². The molecule has 10 heteroatoms. The van der Waals surface area contributed by atoms with Gasteiger partial charge in [0.05, 0.1) is 33.8 Å². The Labute approximate surface area is 451 Å². The van der Waals surface area contributed by atoms with E-state index in [4.69, 9.17) is 13.8 Å². The molecule has 0 fully saturated rings. The molecule has 0 bridgehead atoms. The van der Waals surface area contributed by atoms with E-state index in [1.54, 1.807) is 0 Å². The van der Waals surface area contributed by atoms with Crippen molar-refractivity contribution in [3.8, 4) is 0 Å². The lowest BCUT2D eigenvalue weighted by molar-refractivity contribution is -0.870. The number of likely N-dealkylation sites (N-methyl/N-ethyl adjacent to an activating group) is 1. The third kappa shape index (κ3) is 54.3.